The molecular formula is C30H50O3. The lowest BCUT2D eigenvalue weighted by molar-refractivity contribution is -0.262. The van der Waals surface area contributed by atoms with Crippen molar-refractivity contribution < 1.29 is 14.9 Å². The molecule has 0 aromatic heterocycles. The molecule has 188 valence electrons. The predicted octanol–water partition coefficient (Wildman–Crippen LogP) is 6.21. The van der Waals surface area contributed by atoms with Crippen molar-refractivity contribution in [1.82, 2.24) is 0 Å². The van der Waals surface area contributed by atoms with Crippen molar-refractivity contribution in [3.8, 4) is 0 Å². The number of fused-ring (bicyclic) bond motifs is 8. The van der Waals surface area contributed by atoms with E-state index in [-0.39, 0.29) is 34.7 Å². The Balaban J connectivity index is 1.40. The number of rotatable bonds is 0. The normalized spacial score (nSPS) is 65.6. The van der Waals surface area contributed by atoms with Crippen LogP contribution in [0.2, 0.25) is 0 Å². The SMILES string of the molecule is C[C@H]1[C@H]2[C@H]3CC[C@@H]4[C@@]5(C)CC[C@H](O)C(C)(C)[C@@H]5CC[C@@]4(C)[C@]3(C)CC[C@@]2(C)[C@@H](O)[C@H]2O[C@]21C. The molecule has 6 rings (SSSR count). The molecule has 3 heteroatoms. The van der Waals surface area contributed by atoms with Crippen molar-refractivity contribution in [3.05, 3.63) is 0 Å². The number of hydrogen-bond acceptors (Lipinski definition) is 3. The summed E-state index contributed by atoms with van der Waals surface area (Å²) < 4.78 is 6.24. The maximum atomic E-state index is 11.5. The molecule has 0 radical (unpaired) electrons. The molecule has 0 spiro atoms. The lowest BCUT2D eigenvalue weighted by Gasteiger charge is -2.74. The summed E-state index contributed by atoms with van der Waals surface area (Å²) in [5, 5.41) is 22.4. The number of aliphatic hydroxyl groups excluding tert-OH is 2. The van der Waals surface area contributed by atoms with E-state index in [2.05, 4.69) is 55.4 Å². The van der Waals surface area contributed by atoms with E-state index in [1.807, 2.05) is 0 Å². The van der Waals surface area contributed by atoms with Crippen LogP contribution in [0.1, 0.15) is 107 Å². The van der Waals surface area contributed by atoms with Gasteiger partial charge in [-0.15, -0.1) is 0 Å². The molecule has 0 aromatic carbocycles. The van der Waals surface area contributed by atoms with Gasteiger partial charge in [-0.3, -0.25) is 0 Å². The minimum absolute atomic E-state index is 0.00842. The smallest absolute Gasteiger partial charge is 0.114 e. The van der Waals surface area contributed by atoms with E-state index >= 15 is 0 Å². The van der Waals surface area contributed by atoms with E-state index in [0.29, 0.717) is 39.9 Å². The van der Waals surface area contributed by atoms with Crippen molar-refractivity contribution in [2.24, 2.45) is 56.7 Å². The first kappa shape index (κ1) is 23.3. The Morgan fingerprint density at radius 2 is 1.39 bits per heavy atom. The van der Waals surface area contributed by atoms with Crippen LogP contribution >= 0.6 is 0 Å². The Labute approximate surface area is 202 Å². The zero-order valence-electron chi connectivity index (χ0n) is 22.6. The van der Waals surface area contributed by atoms with Crippen LogP contribution in [0.5, 0.6) is 0 Å². The summed E-state index contributed by atoms with van der Waals surface area (Å²) in [6.45, 7) is 19.8. The van der Waals surface area contributed by atoms with Crippen molar-refractivity contribution in [2.45, 2.75) is 131 Å². The molecule has 0 unspecified atom stereocenters. The van der Waals surface area contributed by atoms with Crippen molar-refractivity contribution in [3.63, 3.8) is 0 Å². The fourth-order valence-corrected chi connectivity index (χ4v) is 12.1. The Bertz CT molecular complexity index is 853. The highest BCUT2D eigenvalue weighted by Gasteiger charge is 2.76. The van der Waals surface area contributed by atoms with Crippen molar-refractivity contribution in [2.75, 3.05) is 0 Å². The third kappa shape index (κ3) is 2.45. The summed E-state index contributed by atoms with van der Waals surface area (Å²) in [7, 11) is 0. The molecule has 6 fully saturated rings. The maximum absolute atomic E-state index is 11.5. The fraction of sp³-hybridized carbons (Fsp3) is 1.00. The van der Waals surface area contributed by atoms with Gasteiger partial charge in [-0.05, 0) is 115 Å². The maximum Gasteiger partial charge on any atom is 0.114 e. The number of ether oxygens (including phenoxy) is 1. The van der Waals surface area contributed by atoms with Gasteiger partial charge in [0.25, 0.3) is 0 Å². The molecule has 33 heavy (non-hydrogen) atoms. The van der Waals surface area contributed by atoms with Crippen LogP contribution in [-0.4, -0.2) is 34.1 Å². The van der Waals surface area contributed by atoms with Gasteiger partial charge in [0.05, 0.1) is 17.8 Å². The van der Waals surface area contributed by atoms with Gasteiger partial charge in [0.15, 0.2) is 0 Å². The molecule has 6 aliphatic rings. The zero-order valence-corrected chi connectivity index (χ0v) is 22.6. The first-order chi connectivity index (χ1) is 15.2. The summed E-state index contributed by atoms with van der Waals surface area (Å²) in [4.78, 5) is 0. The summed E-state index contributed by atoms with van der Waals surface area (Å²) >= 11 is 0. The highest BCUT2D eigenvalue weighted by atomic mass is 16.6. The lowest BCUT2D eigenvalue weighted by Crippen LogP contribution is -2.69. The van der Waals surface area contributed by atoms with Gasteiger partial charge in [0.1, 0.15) is 6.10 Å². The summed E-state index contributed by atoms with van der Waals surface area (Å²) in [6, 6.07) is 0. The van der Waals surface area contributed by atoms with Crippen LogP contribution in [0.4, 0.5) is 0 Å². The van der Waals surface area contributed by atoms with Crippen LogP contribution < -0.4 is 0 Å². The lowest BCUT2D eigenvalue weighted by atomic mass is 9.31. The first-order valence-electron chi connectivity index (χ1n) is 14.2. The summed E-state index contributed by atoms with van der Waals surface area (Å²) in [6.07, 6.45) is 9.32. The van der Waals surface area contributed by atoms with Crippen LogP contribution in [0, 0.1) is 56.7 Å². The van der Waals surface area contributed by atoms with Gasteiger partial charge >= 0.3 is 0 Å². The molecule has 0 amide bonds. The molecule has 1 heterocycles. The van der Waals surface area contributed by atoms with E-state index in [9.17, 15) is 10.2 Å². The molecule has 5 saturated carbocycles. The van der Waals surface area contributed by atoms with E-state index in [1.165, 1.54) is 38.5 Å². The van der Waals surface area contributed by atoms with Gasteiger partial charge in [-0.1, -0.05) is 48.5 Å². The number of aliphatic hydroxyl groups is 2. The average Bonchev–Trinajstić information content (AvgIpc) is 3.44. The average molecular weight is 459 g/mol. The predicted molar refractivity (Wildman–Crippen MR) is 132 cm³/mol. The standard InChI is InChI=1S/C30H50O3/c1-17-22-18-9-10-20-26(4)13-12-21(31)25(2,3)19(26)11-14-29(20,7)28(18,6)16-15-27(22,5)23(32)24-30(17,8)33-24/h17-24,31-32H,9-16H2,1-8H3/t17-,18+,19-,20+,21-,22-,23-,24+,26-,27+,28+,29+,30-/m0/s1. The minimum atomic E-state index is -0.312. The van der Waals surface area contributed by atoms with Crippen LogP contribution in [0.25, 0.3) is 0 Å². The molecular weight excluding hydrogens is 408 g/mol. The van der Waals surface area contributed by atoms with E-state index in [4.69, 9.17) is 4.74 Å². The topological polar surface area (TPSA) is 53.0 Å². The van der Waals surface area contributed by atoms with E-state index in [1.54, 1.807) is 0 Å². The molecule has 1 saturated heterocycles. The third-order valence-corrected chi connectivity index (χ3v) is 14.6. The molecule has 3 nitrogen and oxygen atoms in total. The number of epoxide rings is 1. The molecule has 1 aliphatic heterocycles. The van der Waals surface area contributed by atoms with Crippen LogP contribution in [0.15, 0.2) is 0 Å². The quantitative estimate of drug-likeness (QED) is 0.425. The molecule has 0 bridgehead atoms. The highest BCUT2D eigenvalue weighted by Crippen LogP contribution is 2.78. The zero-order chi connectivity index (χ0) is 24.0. The van der Waals surface area contributed by atoms with Gasteiger partial charge < -0.3 is 14.9 Å². The van der Waals surface area contributed by atoms with Crippen molar-refractivity contribution in [1.29, 1.82) is 0 Å². The molecule has 0 aromatic rings. The second-order valence-corrected chi connectivity index (χ2v) is 15.5. The minimum Gasteiger partial charge on any atom is -0.393 e. The molecule has 2 N–H and O–H groups in total. The number of hydrogen-bond donors (Lipinski definition) is 2. The molecule has 13 atom stereocenters. The first-order valence-corrected chi connectivity index (χ1v) is 14.2. The Morgan fingerprint density at radius 1 is 0.697 bits per heavy atom. The van der Waals surface area contributed by atoms with Gasteiger partial charge in [-0.25, -0.2) is 0 Å². The third-order valence-electron chi connectivity index (χ3n) is 14.6. The second kappa shape index (κ2) is 6.41. The summed E-state index contributed by atoms with van der Waals surface area (Å²) in [5.74, 6) is 3.09. The highest BCUT2D eigenvalue weighted by molar-refractivity contribution is 5.24. The van der Waals surface area contributed by atoms with Crippen molar-refractivity contribution >= 4 is 0 Å². The van der Waals surface area contributed by atoms with Crippen LogP contribution in [0.3, 0.4) is 0 Å². The Kier molecular flexibility index (Phi) is 4.52. The van der Waals surface area contributed by atoms with Crippen LogP contribution in [-0.2, 0) is 4.74 Å². The van der Waals surface area contributed by atoms with Gasteiger partial charge in [0, 0.05) is 0 Å². The Morgan fingerprint density at radius 3 is 2.09 bits per heavy atom. The summed E-state index contributed by atoms with van der Waals surface area (Å²) in [5.41, 5.74) is 0.886. The Hall–Kier alpha value is -0.120. The van der Waals surface area contributed by atoms with Gasteiger partial charge in [-0.2, -0.15) is 0 Å². The largest absolute Gasteiger partial charge is 0.393 e. The van der Waals surface area contributed by atoms with Gasteiger partial charge in [0.2, 0.25) is 0 Å². The monoisotopic (exact) mass is 458 g/mol. The molecule has 5 aliphatic carbocycles. The van der Waals surface area contributed by atoms with E-state index < -0.39 is 0 Å². The van der Waals surface area contributed by atoms with E-state index in [0.717, 1.165) is 18.8 Å². The second-order valence-electron chi connectivity index (χ2n) is 15.5. The fourth-order valence-electron chi connectivity index (χ4n) is 12.1.